The van der Waals surface area contributed by atoms with Gasteiger partial charge >= 0.3 is 0 Å². The number of benzene rings is 2. The first-order valence-electron chi connectivity index (χ1n) is 22.8. The SMILES string of the molecule is CNC(=O)COc1cc2cc(Nc3nc(N4CCC(OC5CC(N6CC7(CN(c8ccc9c(c8C)C(=O)N([C@@H]8CCC(=O)NC8=O)C9=O)C7)C6)C5)CC4)ncc3Cl)ccc2n(C(C)C)c1=O. The van der Waals surface area contributed by atoms with Gasteiger partial charge in [-0.2, -0.15) is 4.98 Å². The third kappa shape index (κ3) is 7.81. The van der Waals surface area contributed by atoms with E-state index >= 15 is 0 Å². The highest BCUT2D eigenvalue weighted by Crippen LogP contribution is 2.47. The fourth-order valence-corrected chi connectivity index (χ4v) is 10.8. The molecule has 10 rings (SSSR count). The van der Waals surface area contributed by atoms with Gasteiger partial charge in [0.1, 0.15) is 11.1 Å². The predicted octanol–water partition coefficient (Wildman–Crippen LogP) is 3.94. The molecular formula is C47H53ClN10O8. The number of hydrogen-bond donors (Lipinski definition) is 3. The van der Waals surface area contributed by atoms with Gasteiger partial charge in [0.2, 0.25) is 17.8 Å². The van der Waals surface area contributed by atoms with Crippen molar-refractivity contribution in [3.8, 4) is 5.75 Å². The molecule has 18 nitrogen and oxygen atoms in total. The van der Waals surface area contributed by atoms with Gasteiger partial charge in [0, 0.05) is 87.0 Å². The molecule has 0 unspecified atom stereocenters. The van der Waals surface area contributed by atoms with Gasteiger partial charge in [-0.15, -0.1) is 0 Å². The van der Waals surface area contributed by atoms with E-state index in [-0.39, 0.29) is 60.3 Å². The van der Waals surface area contributed by atoms with Crippen LogP contribution < -0.4 is 36.0 Å². The van der Waals surface area contributed by atoms with Crippen LogP contribution >= 0.6 is 11.6 Å². The van der Waals surface area contributed by atoms with Crippen LogP contribution in [0.25, 0.3) is 10.9 Å². The van der Waals surface area contributed by atoms with Gasteiger partial charge in [-0.1, -0.05) is 11.6 Å². The Labute approximate surface area is 385 Å². The summed E-state index contributed by atoms with van der Waals surface area (Å²) in [5.41, 5.74) is 3.70. The number of anilines is 4. The highest BCUT2D eigenvalue weighted by Gasteiger charge is 2.55. The van der Waals surface area contributed by atoms with Gasteiger partial charge in [-0.3, -0.25) is 43.9 Å². The molecule has 7 heterocycles. The van der Waals surface area contributed by atoms with Crippen LogP contribution in [0, 0.1) is 12.3 Å². The van der Waals surface area contributed by atoms with Crippen molar-refractivity contribution in [2.24, 2.45) is 5.41 Å². The van der Waals surface area contributed by atoms with E-state index in [1.807, 2.05) is 45.0 Å². The summed E-state index contributed by atoms with van der Waals surface area (Å²) in [5, 5.41) is 9.21. The van der Waals surface area contributed by atoms with Crippen molar-refractivity contribution in [1.82, 2.24) is 35.0 Å². The number of fused-ring (bicyclic) bond motifs is 2. The van der Waals surface area contributed by atoms with Crippen LogP contribution in [0.4, 0.5) is 23.1 Å². The van der Waals surface area contributed by atoms with E-state index in [0.29, 0.717) is 39.6 Å². The lowest BCUT2D eigenvalue weighted by atomic mass is 9.69. The number of hydrogen-bond acceptors (Lipinski definition) is 14. The Kier molecular flexibility index (Phi) is 11.2. The summed E-state index contributed by atoms with van der Waals surface area (Å²) >= 11 is 6.60. The molecule has 2 aromatic carbocycles. The lowest BCUT2D eigenvalue weighted by molar-refractivity contribution is -0.136. The molecule has 4 saturated heterocycles. The number of carbonyl (C=O) groups excluding carboxylic acids is 5. The first-order valence-corrected chi connectivity index (χ1v) is 23.1. The molecule has 5 amide bonds. The number of likely N-dealkylation sites (tertiary alicyclic amines) is 1. The molecule has 2 aromatic heterocycles. The Morgan fingerprint density at radius 3 is 2.42 bits per heavy atom. The predicted molar refractivity (Wildman–Crippen MR) is 246 cm³/mol. The molecular weight excluding hydrogens is 868 g/mol. The largest absolute Gasteiger partial charge is 0.478 e. The van der Waals surface area contributed by atoms with E-state index in [1.54, 1.807) is 22.9 Å². The number of likely N-dealkylation sites (N-methyl/N-ethyl adjacent to an activating group) is 1. The molecule has 6 aliphatic rings. The average molecular weight is 921 g/mol. The molecule has 0 bridgehead atoms. The maximum absolute atomic E-state index is 13.6. The number of pyridine rings is 1. The first-order chi connectivity index (χ1) is 31.7. The zero-order valence-electron chi connectivity index (χ0n) is 37.4. The van der Waals surface area contributed by atoms with Crippen LogP contribution in [0.1, 0.15) is 84.7 Å². The molecule has 3 N–H and O–H groups in total. The highest BCUT2D eigenvalue weighted by atomic mass is 35.5. The Hall–Kier alpha value is -6.11. The standard InChI is InChI=1S/C47H53ClN10O8/c1-25(2)57-35-7-5-28(15-27(35)16-37(44(57)63)65-20-39(60)49-4)51-41-33(48)19-50-46(53-41)54-13-11-30(12-14-54)66-31-17-29(18-31)55-21-47(22-55)23-56(24-47)34-8-6-32-40(26(34)3)45(64)58(43(32)62)36-9-10-38(59)52-42(36)61/h5-8,15-16,19,25,29-31,36H,9-14,17-18,20-24H2,1-4H3,(H,49,60)(H,50,51,53)(H,52,59,61)/t29?,31?,36-/m1/s1. The lowest BCUT2D eigenvalue weighted by Crippen LogP contribution is -2.75. The van der Waals surface area contributed by atoms with Gasteiger partial charge in [0.15, 0.2) is 18.2 Å². The average Bonchev–Trinajstić information content (AvgIpc) is 3.50. The van der Waals surface area contributed by atoms with Crippen LogP contribution in [0.3, 0.4) is 0 Å². The topological polar surface area (TPSA) is 201 Å². The van der Waals surface area contributed by atoms with E-state index in [0.717, 1.165) is 92.0 Å². The number of carbonyl (C=O) groups is 5. The van der Waals surface area contributed by atoms with E-state index in [4.69, 9.17) is 26.1 Å². The molecule has 5 aliphatic heterocycles. The molecule has 1 spiro atoms. The number of piperidine rings is 2. The van der Waals surface area contributed by atoms with Crippen LogP contribution in [0.15, 0.2) is 47.4 Å². The summed E-state index contributed by atoms with van der Waals surface area (Å²) in [4.78, 5) is 93.6. The number of halogens is 1. The summed E-state index contributed by atoms with van der Waals surface area (Å²) in [5.74, 6) is -1.16. The molecule has 1 aliphatic carbocycles. The number of imide groups is 2. The van der Waals surface area contributed by atoms with Crippen molar-refractivity contribution in [2.45, 2.75) is 89.6 Å². The first kappa shape index (κ1) is 43.8. The van der Waals surface area contributed by atoms with Crippen LogP contribution in [-0.2, 0) is 19.1 Å². The molecule has 1 saturated carbocycles. The van der Waals surface area contributed by atoms with E-state index < -0.39 is 29.7 Å². The summed E-state index contributed by atoms with van der Waals surface area (Å²) in [7, 11) is 1.51. The van der Waals surface area contributed by atoms with Crippen LogP contribution in [0.2, 0.25) is 5.02 Å². The molecule has 346 valence electrons. The van der Waals surface area contributed by atoms with Crippen LogP contribution in [0.5, 0.6) is 5.75 Å². The fraction of sp³-hybridized carbons (Fsp3) is 0.489. The highest BCUT2D eigenvalue weighted by molar-refractivity contribution is 6.33. The molecule has 0 radical (unpaired) electrons. The zero-order valence-corrected chi connectivity index (χ0v) is 38.2. The number of rotatable bonds is 12. The maximum Gasteiger partial charge on any atom is 0.293 e. The number of aromatic nitrogens is 3. The number of amides is 5. The minimum Gasteiger partial charge on any atom is -0.478 e. The lowest BCUT2D eigenvalue weighted by Gasteiger charge is -2.64. The molecule has 4 aromatic rings. The van der Waals surface area contributed by atoms with Crippen molar-refractivity contribution >= 4 is 75.2 Å². The number of ether oxygens (including phenoxy) is 2. The number of nitrogens with one attached hydrogen (secondary N) is 3. The molecule has 66 heavy (non-hydrogen) atoms. The van der Waals surface area contributed by atoms with Gasteiger partial charge in [0.05, 0.1) is 35.0 Å². The van der Waals surface area contributed by atoms with E-state index in [9.17, 15) is 28.8 Å². The Bertz CT molecular complexity index is 2730. The van der Waals surface area contributed by atoms with Crippen molar-refractivity contribution < 1.29 is 33.4 Å². The monoisotopic (exact) mass is 920 g/mol. The Morgan fingerprint density at radius 2 is 1.71 bits per heavy atom. The van der Waals surface area contributed by atoms with E-state index in [2.05, 4.69) is 35.6 Å². The molecule has 1 atom stereocenters. The van der Waals surface area contributed by atoms with Gasteiger partial charge in [-0.25, -0.2) is 4.98 Å². The summed E-state index contributed by atoms with van der Waals surface area (Å²) in [6.45, 7) is 10.8. The Balaban J connectivity index is 0.687. The quantitative estimate of drug-likeness (QED) is 0.173. The Morgan fingerprint density at radius 1 is 0.955 bits per heavy atom. The number of nitrogens with zero attached hydrogens (tertiary/aromatic N) is 7. The van der Waals surface area contributed by atoms with Gasteiger partial charge < -0.3 is 34.5 Å². The van der Waals surface area contributed by atoms with Crippen molar-refractivity contribution in [3.63, 3.8) is 0 Å². The van der Waals surface area contributed by atoms with Gasteiger partial charge in [-0.05, 0) is 94.8 Å². The maximum atomic E-state index is 13.6. The minimum atomic E-state index is -0.980. The van der Waals surface area contributed by atoms with Gasteiger partial charge in [0.25, 0.3) is 23.3 Å². The molecule has 5 fully saturated rings. The summed E-state index contributed by atoms with van der Waals surface area (Å²) in [6.07, 6.45) is 6.00. The van der Waals surface area contributed by atoms with Crippen molar-refractivity contribution in [2.75, 3.05) is 68.0 Å². The minimum absolute atomic E-state index is 0.0884. The molecule has 19 heteroatoms. The fourth-order valence-electron chi connectivity index (χ4n) is 10.6. The smallest absolute Gasteiger partial charge is 0.293 e. The summed E-state index contributed by atoms with van der Waals surface area (Å²) < 4.78 is 13.9. The second-order valence-electron chi connectivity index (χ2n) is 18.9. The summed E-state index contributed by atoms with van der Waals surface area (Å²) in [6, 6.07) is 10.3. The van der Waals surface area contributed by atoms with Crippen molar-refractivity contribution in [3.05, 3.63) is 74.7 Å². The third-order valence-electron chi connectivity index (χ3n) is 14.2. The third-order valence-corrected chi connectivity index (χ3v) is 14.4. The second-order valence-corrected chi connectivity index (χ2v) is 19.3. The zero-order chi connectivity index (χ0) is 46.2. The normalized spacial score (nSPS) is 22.9. The van der Waals surface area contributed by atoms with Crippen molar-refractivity contribution in [1.29, 1.82) is 0 Å². The second kappa shape index (κ2) is 17.0. The van der Waals surface area contributed by atoms with E-state index in [1.165, 1.54) is 7.05 Å². The van der Waals surface area contributed by atoms with Crippen LogP contribution in [-0.4, -0.2) is 131 Å².